The van der Waals surface area contributed by atoms with Crippen molar-refractivity contribution in [3.63, 3.8) is 0 Å². The second kappa shape index (κ2) is 7.60. The molecule has 6 nitrogen and oxygen atoms in total. The van der Waals surface area contributed by atoms with Gasteiger partial charge in [0.2, 0.25) is 5.91 Å². The average molecular weight is 312 g/mol. The molecule has 1 fully saturated rings. The summed E-state index contributed by atoms with van der Waals surface area (Å²) in [6, 6.07) is -0.387. The lowest BCUT2D eigenvalue weighted by molar-refractivity contribution is -0.168. The molecule has 0 bridgehead atoms. The quantitative estimate of drug-likeness (QED) is 0.715. The Morgan fingerprint density at radius 3 is 2.57 bits per heavy atom. The number of amides is 1. The summed E-state index contributed by atoms with van der Waals surface area (Å²) >= 11 is 0. The molecule has 0 saturated carbocycles. The van der Waals surface area contributed by atoms with Gasteiger partial charge in [-0.05, 0) is 13.0 Å². The molecule has 1 saturated heterocycles. The summed E-state index contributed by atoms with van der Waals surface area (Å²) in [5.41, 5.74) is 0. The number of carboxylic acid groups (broad SMARTS) is 1. The first-order valence-electron chi connectivity index (χ1n) is 6.63. The van der Waals surface area contributed by atoms with E-state index in [9.17, 15) is 22.8 Å². The topological polar surface area (TPSA) is 78.9 Å². The highest BCUT2D eigenvalue weighted by Gasteiger charge is 2.40. The molecule has 0 aromatic rings. The summed E-state index contributed by atoms with van der Waals surface area (Å²) in [5, 5.41) is 11.7. The minimum atomic E-state index is -4.64. The van der Waals surface area contributed by atoms with E-state index in [0.717, 1.165) is 6.42 Å². The first kappa shape index (κ1) is 17.7. The van der Waals surface area contributed by atoms with Crippen LogP contribution in [0.25, 0.3) is 0 Å². The van der Waals surface area contributed by atoms with E-state index in [-0.39, 0.29) is 19.3 Å². The Hall–Kier alpha value is -1.35. The Morgan fingerprint density at radius 1 is 1.38 bits per heavy atom. The third kappa shape index (κ3) is 5.88. The van der Waals surface area contributed by atoms with E-state index in [1.807, 2.05) is 6.92 Å². The molecular formula is C12H19F3N2O4. The van der Waals surface area contributed by atoms with Crippen molar-refractivity contribution in [3.8, 4) is 0 Å². The molecule has 0 aromatic carbocycles. The van der Waals surface area contributed by atoms with E-state index in [1.54, 1.807) is 0 Å². The maximum atomic E-state index is 12.5. The number of alkyl halides is 3. The van der Waals surface area contributed by atoms with Crippen molar-refractivity contribution in [3.05, 3.63) is 0 Å². The number of carboxylic acids is 1. The van der Waals surface area contributed by atoms with Gasteiger partial charge in [-0.15, -0.1) is 0 Å². The van der Waals surface area contributed by atoms with E-state index in [0.29, 0.717) is 11.4 Å². The van der Waals surface area contributed by atoms with Crippen molar-refractivity contribution in [1.82, 2.24) is 10.2 Å². The Balaban J connectivity index is 2.75. The van der Waals surface area contributed by atoms with Gasteiger partial charge in [0.25, 0.3) is 0 Å². The van der Waals surface area contributed by atoms with Crippen molar-refractivity contribution in [1.29, 1.82) is 0 Å². The van der Waals surface area contributed by atoms with Crippen LogP contribution < -0.4 is 5.32 Å². The molecule has 1 aliphatic rings. The van der Waals surface area contributed by atoms with Gasteiger partial charge >= 0.3 is 12.1 Å². The van der Waals surface area contributed by atoms with Crippen molar-refractivity contribution < 1.29 is 32.6 Å². The van der Waals surface area contributed by atoms with Gasteiger partial charge in [0, 0.05) is 6.04 Å². The number of carbonyl (C=O) groups is 2. The fourth-order valence-corrected chi connectivity index (χ4v) is 2.15. The SMILES string of the molecule is CCCNC1COCC1C(=O)N(CC(=O)O)CC(F)(F)F. The van der Waals surface area contributed by atoms with Gasteiger partial charge in [-0.3, -0.25) is 9.59 Å². The molecule has 2 atom stereocenters. The van der Waals surface area contributed by atoms with Crippen LogP contribution in [0, 0.1) is 5.92 Å². The normalized spacial score (nSPS) is 22.3. The van der Waals surface area contributed by atoms with Gasteiger partial charge in [-0.2, -0.15) is 13.2 Å². The largest absolute Gasteiger partial charge is 0.480 e. The lowest BCUT2D eigenvalue weighted by atomic mass is 10.0. The first-order valence-corrected chi connectivity index (χ1v) is 6.63. The molecule has 21 heavy (non-hydrogen) atoms. The van der Waals surface area contributed by atoms with Crippen LogP contribution in [0.5, 0.6) is 0 Å². The molecule has 9 heteroatoms. The fourth-order valence-electron chi connectivity index (χ4n) is 2.15. The summed E-state index contributed by atoms with van der Waals surface area (Å²) in [4.78, 5) is 23.2. The number of hydrogen-bond acceptors (Lipinski definition) is 4. The molecule has 2 N–H and O–H groups in total. The van der Waals surface area contributed by atoms with Crippen LogP contribution >= 0.6 is 0 Å². The van der Waals surface area contributed by atoms with E-state index in [2.05, 4.69) is 5.32 Å². The highest BCUT2D eigenvalue weighted by molar-refractivity contribution is 5.84. The highest BCUT2D eigenvalue weighted by Crippen LogP contribution is 2.21. The summed E-state index contributed by atoms with van der Waals surface area (Å²) in [5.74, 6) is -3.12. The van der Waals surface area contributed by atoms with E-state index in [4.69, 9.17) is 9.84 Å². The third-order valence-corrected chi connectivity index (χ3v) is 3.06. The molecule has 2 unspecified atom stereocenters. The van der Waals surface area contributed by atoms with E-state index >= 15 is 0 Å². The summed E-state index contributed by atoms with van der Waals surface area (Å²) in [6.07, 6.45) is -3.84. The number of rotatable bonds is 7. The molecule has 0 spiro atoms. The zero-order valence-electron chi connectivity index (χ0n) is 11.7. The number of halogens is 3. The smallest absolute Gasteiger partial charge is 0.406 e. The van der Waals surface area contributed by atoms with Crippen LogP contribution in [-0.2, 0) is 14.3 Å². The fraction of sp³-hybridized carbons (Fsp3) is 0.833. The first-order chi connectivity index (χ1) is 9.74. The van der Waals surface area contributed by atoms with E-state index in [1.165, 1.54) is 0 Å². The van der Waals surface area contributed by atoms with Gasteiger partial charge in [-0.1, -0.05) is 6.92 Å². The summed E-state index contributed by atoms with van der Waals surface area (Å²) in [7, 11) is 0. The Bertz CT molecular complexity index is 376. The molecule has 1 heterocycles. The number of ether oxygens (including phenoxy) is 1. The second-order valence-corrected chi connectivity index (χ2v) is 4.91. The van der Waals surface area contributed by atoms with Crippen molar-refractivity contribution >= 4 is 11.9 Å². The van der Waals surface area contributed by atoms with Crippen LogP contribution in [-0.4, -0.2) is 66.9 Å². The minimum absolute atomic E-state index is 0.00576. The second-order valence-electron chi connectivity index (χ2n) is 4.91. The predicted molar refractivity (Wildman–Crippen MR) is 66.7 cm³/mol. The van der Waals surface area contributed by atoms with Crippen molar-refractivity contribution in [2.75, 3.05) is 32.8 Å². The van der Waals surface area contributed by atoms with Crippen molar-refractivity contribution in [2.24, 2.45) is 5.92 Å². The Kier molecular flexibility index (Phi) is 6.41. The highest BCUT2D eigenvalue weighted by atomic mass is 19.4. The molecule has 1 aliphatic heterocycles. The monoisotopic (exact) mass is 312 g/mol. The third-order valence-electron chi connectivity index (χ3n) is 3.06. The van der Waals surface area contributed by atoms with Gasteiger partial charge in [0.05, 0.1) is 19.1 Å². The molecule has 1 rings (SSSR count). The van der Waals surface area contributed by atoms with Crippen LogP contribution in [0.4, 0.5) is 13.2 Å². The number of carbonyl (C=O) groups excluding carboxylic acids is 1. The molecule has 122 valence electrons. The average Bonchev–Trinajstić information content (AvgIpc) is 2.80. The number of hydrogen-bond donors (Lipinski definition) is 2. The van der Waals surface area contributed by atoms with Crippen LogP contribution in [0.15, 0.2) is 0 Å². The lowest BCUT2D eigenvalue weighted by Crippen LogP contribution is -2.50. The van der Waals surface area contributed by atoms with Gasteiger partial charge in [0.1, 0.15) is 13.1 Å². The number of nitrogens with one attached hydrogen (secondary N) is 1. The zero-order chi connectivity index (χ0) is 16.0. The van der Waals surface area contributed by atoms with Crippen LogP contribution in [0.1, 0.15) is 13.3 Å². The molecule has 0 radical (unpaired) electrons. The number of aliphatic carboxylic acids is 1. The zero-order valence-corrected chi connectivity index (χ0v) is 11.7. The Labute approximate surface area is 120 Å². The molecular weight excluding hydrogens is 293 g/mol. The summed E-state index contributed by atoms with van der Waals surface area (Å²) < 4.78 is 42.5. The van der Waals surface area contributed by atoms with Crippen LogP contribution in [0.2, 0.25) is 0 Å². The number of nitrogens with zero attached hydrogens (tertiary/aromatic N) is 1. The molecule has 1 amide bonds. The Morgan fingerprint density at radius 2 is 2.05 bits per heavy atom. The van der Waals surface area contributed by atoms with Gasteiger partial charge in [-0.25, -0.2) is 0 Å². The van der Waals surface area contributed by atoms with Gasteiger partial charge in [0.15, 0.2) is 0 Å². The molecule has 0 aliphatic carbocycles. The van der Waals surface area contributed by atoms with Crippen LogP contribution in [0.3, 0.4) is 0 Å². The van der Waals surface area contributed by atoms with Crippen molar-refractivity contribution in [2.45, 2.75) is 25.6 Å². The predicted octanol–water partition coefficient (Wildman–Crippen LogP) is 0.476. The minimum Gasteiger partial charge on any atom is -0.480 e. The van der Waals surface area contributed by atoms with Gasteiger partial charge < -0.3 is 20.1 Å². The lowest BCUT2D eigenvalue weighted by Gasteiger charge is -2.27. The maximum Gasteiger partial charge on any atom is 0.406 e. The van der Waals surface area contributed by atoms with E-state index < -0.39 is 37.1 Å². The maximum absolute atomic E-state index is 12.5. The summed E-state index contributed by atoms with van der Waals surface area (Å²) in [6.45, 7) is 0.192. The molecule has 0 aromatic heterocycles. The standard InChI is InChI=1S/C12H19F3N2O4/c1-2-3-16-9-6-21-5-8(9)11(20)17(4-10(18)19)7-12(13,14)15/h8-9,16H,2-7H2,1H3,(H,18,19).